The molecular weight excluding hydrogens is 735 g/mol. The predicted octanol–water partition coefficient (Wildman–Crippen LogP) is 7.96. The highest BCUT2D eigenvalue weighted by atomic mass is 35.5. The zero-order chi connectivity index (χ0) is 36.1. The van der Waals surface area contributed by atoms with Crippen molar-refractivity contribution in [3.05, 3.63) is 116 Å². The van der Waals surface area contributed by atoms with E-state index in [0.717, 1.165) is 38.0 Å². The number of nitrogens with zero attached hydrogens (tertiary/aromatic N) is 1. The molecule has 5 aromatic rings. The molecule has 2 aliphatic heterocycles. The zero-order valence-electron chi connectivity index (χ0n) is 26.9. The van der Waals surface area contributed by atoms with E-state index >= 15 is 0 Å². The molecule has 1 aromatic heterocycles. The van der Waals surface area contributed by atoms with Gasteiger partial charge in [-0.2, -0.15) is 13.2 Å². The maximum absolute atomic E-state index is 14.1. The molecule has 7 atom stereocenters. The molecule has 52 heavy (non-hydrogen) atoms. The van der Waals surface area contributed by atoms with Gasteiger partial charge in [-0.15, -0.1) is 11.8 Å². The van der Waals surface area contributed by atoms with Crippen LogP contribution in [0.3, 0.4) is 0 Å². The van der Waals surface area contributed by atoms with Crippen molar-refractivity contribution in [1.29, 1.82) is 0 Å². The molecule has 2 saturated carbocycles. The number of amides is 3. The minimum absolute atomic E-state index is 0.230. The van der Waals surface area contributed by atoms with Gasteiger partial charge in [-0.05, 0) is 77.4 Å². The number of ether oxygens (including phenoxy) is 1. The second kappa shape index (κ2) is 12.2. The summed E-state index contributed by atoms with van der Waals surface area (Å²) >= 11 is 9.07. The molecule has 2 aliphatic carbocycles. The van der Waals surface area contributed by atoms with Crippen LogP contribution in [0.2, 0.25) is 5.02 Å². The van der Waals surface area contributed by atoms with Crippen molar-refractivity contribution in [3.63, 3.8) is 0 Å². The molecule has 14 heteroatoms. The first-order valence-electron chi connectivity index (χ1n) is 16.6. The van der Waals surface area contributed by atoms with Crippen LogP contribution in [0.1, 0.15) is 28.3 Å². The molecule has 2 bridgehead atoms. The highest BCUT2D eigenvalue weighted by molar-refractivity contribution is 8.00. The monoisotopic (exact) mass is 761 g/mol. The summed E-state index contributed by atoms with van der Waals surface area (Å²) in [5.74, 6) is -4.36. The average molecular weight is 762 g/mol. The van der Waals surface area contributed by atoms with Crippen LogP contribution in [0.4, 0.5) is 24.5 Å². The number of alkyl halides is 3. The lowest BCUT2D eigenvalue weighted by atomic mass is 9.68. The van der Waals surface area contributed by atoms with Crippen molar-refractivity contribution in [1.82, 2.24) is 4.98 Å². The summed E-state index contributed by atoms with van der Waals surface area (Å²) in [5.41, 5.74) is -0.268. The first kappa shape index (κ1) is 33.3. The number of benzene rings is 4. The number of fused-ring (bicyclic) bond motifs is 10. The molecule has 4 aliphatic rings. The Balaban J connectivity index is 1.05. The molecule has 2 N–H and O–H groups in total. The number of thioether (sulfide) groups is 1. The van der Waals surface area contributed by atoms with E-state index < -0.39 is 52.9 Å². The molecule has 3 amide bonds. The fourth-order valence-electron chi connectivity index (χ4n) is 9.01. The van der Waals surface area contributed by atoms with Crippen LogP contribution >= 0.6 is 34.7 Å². The molecule has 3 heterocycles. The average Bonchev–Trinajstić information content (AvgIpc) is 3.86. The maximum atomic E-state index is 14.1. The first-order valence-corrected chi connectivity index (χ1v) is 18.7. The standard InChI is InChI=1S/C38H27ClF3N3O5S2/c39-19-10-12-26(50-16-27(46)43-20-11-9-17-5-1-2-6-18(17)13-20)21(14-19)28-29-22-15-23(32(29)51-34-33(28)52-37(49)44-34)31-30(22)35(47)45(36(31)48)25-8-4-3-7-24(25)38(40,41)42/h1-14,22-23,28-32H,15-16H2,(H,43,46)(H,44,49)/t22-,23-,28+,29-,30+,31+,32-/m1/s1. The number of aromatic amines is 1. The number of halogens is 4. The van der Waals surface area contributed by atoms with Gasteiger partial charge in [-0.1, -0.05) is 65.4 Å². The predicted molar refractivity (Wildman–Crippen MR) is 192 cm³/mol. The SMILES string of the molecule is O=C(COc1ccc(Cl)cc1[C@@H]1c2sc(=O)[nH]c2S[C@@H]2[C@@H]3C[C@@H]([C@@H]4C(=O)N(c5ccccc5C(F)(F)F)C(=O)[C@@H]34)[C@H]12)Nc1ccc2ccccc2c1. The highest BCUT2D eigenvalue weighted by Gasteiger charge is 2.70. The van der Waals surface area contributed by atoms with E-state index in [-0.39, 0.29) is 34.5 Å². The van der Waals surface area contributed by atoms with Crippen LogP contribution in [0, 0.1) is 29.6 Å². The number of H-pyrrole nitrogens is 1. The number of imide groups is 1. The third kappa shape index (κ3) is 5.27. The van der Waals surface area contributed by atoms with Crippen molar-refractivity contribution >= 4 is 74.6 Å². The van der Waals surface area contributed by atoms with Gasteiger partial charge in [0.25, 0.3) is 5.91 Å². The molecule has 3 fully saturated rings. The second-order valence-corrected chi connectivity index (χ2v) is 16.2. The minimum atomic E-state index is -4.77. The van der Waals surface area contributed by atoms with Gasteiger partial charge in [0.15, 0.2) is 6.61 Å². The molecule has 0 spiro atoms. The van der Waals surface area contributed by atoms with Crippen molar-refractivity contribution in [3.8, 4) is 5.75 Å². The number of rotatable bonds is 6. The number of para-hydroxylation sites is 1. The number of anilines is 2. The summed E-state index contributed by atoms with van der Waals surface area (Å²) in [6.07, 6.45) is -4.23. The summed E-state index contributed by atoms with van der Waals surface area (Å²) in [4.78, 5) is 58.2. The van der Waals surface area contributed by atoms with E-state index in [1.54, 1.807) is 18.2 Å². The van der Waals surface area contributed by atoms with Crippen LogP contribution in [0.15, 0.2) is 94.7 Å². The van der Waals surface area contributed by atoms with Crippen molar-refractivity contribution < 1.29 is 32.3 Å². The number of aromatic nitrogens is 1. The van der Waals surface area contributed by atoms with Crippen LogP contribution in [-0.4, -0.2) is 34.6 Å². The first-order chi connectivity index (χ1) is 25.0. The highest BCUT2D eigenvalue weighted by Crippen LogP contribution is 2.69. The van der Waals surface area contributed by atoms with Gasteiger partial charge in [-0.25, -0.2) is 4.90 Å². The summed E-state index contributed by atoms with van der Waals surface area (Å²) in [6.45, 7) is -0.329. The van der Waals surface area contributed by atoms with Crippen molar-refractivity contribution in [2.45, 2.75) is 28.8 Å². The number of carbonyl (C=O) groups excluding carboxylic acids is 3. The largest absolute Gasteiger partial charge is 0.483 e. The number of hydrogen-bond acceptors (Lipinski definition) is 7. The lowest BCUT2D eigenvalue weighted by Gasteiger charge is -2.43. The lowest BCUT2D eigenvalue weighted by molar-refractivity contribution is -0.137. The molecule has 4 aromatic carbocycles. The summed E-state index contributed by atoms with van der Waals surface area (Å²) in [6, 6.07) is 23.1. The quantitative estimate of drug-likeness (QED) is 0.170. The Kier molecular flexibility index (Phi) is 7.83. The van der Waals surface area contributed by atoms with Gasteiger partial charge >= 0.3 is 11.0 Å². The summed E-state index contributed by atoms with van der Waals surface area (Å²) < 4.78 is 48.3. The van der Waals surface area contributed by atoms with Crippen LogP contribution in [-0.2, 0) is 20.6 Å². The second-order valence-electron chi connectivity index (χ2n) is 13.6. The van der Waals surface area contributed by atoms with Gasteiger partial charge in [0, 0.05) is 32.3 Å². The normalized spacial score (nSPS) is 26.0. The van der Waals surface area contributed by atoms with Gasteiger partial charge in [0.05, 0.1) is 28.1 Å². The Labute approximate surface area is 307 Å². The summed E-state index contributed by atoms with van der Waals surface area (Å²) in [7, 11) is 0. The number of carbonyl (C=O) groups is 3. The molecule has 0 unspecified atom stereocenters. The number of thiazole rings is 1. The van der Waals surface area contributed by atoms with Crippen molar-refractivity contribution in [2.24, 2.45) is 29.6 Å². The van der Waals surface area contributed by atoms with E-state index in [2.05, 4.69) is 10.3 Å². The van der Waals surface area contributed by atoms with Crippen LogP contribution < -0.4 is 19.8 Å². The van der Waals surface area contributed by atoms with Crippen molar-refractivity contribution in [2.75, 3.05) is 16.8 Å². The molecule has 8 nitrogen and oxygen atoms in total. The van der Waals surface area contributed by atoms with E-state index in [0.29, 0.717) is 33.5 Å². The Hall–Kier alpha value is -4.59. The third-order valence-electron chi connectivity index (χ3n) is 10.9. The van der Waals surface area contributed by atoms with Gasteiger partial charge in [0.1, 0.15) is 5.75 Å². The van der Waals surface area contributed by atoms with E-state index in [4.69, 9.17) is 16.3 Å². The van der Waals surface area contributed by atoms with Gasteiger partial charge in [0.2, 0.25) is 11.8 Å². The van der Waals surface area contributed by atoms with Crippen LogP contribution in [0.25, 0.3) is 10.8 Å². The summed E-state index contributed by atoms with van der Waals surface area (Å²) in [5, 5.41) is 5.68. The molecule has 9 rings (SSSR count). The smallest absolute Gasteiger partial charge is 0.418 e. The molecule has 1 saturated heterocycles. The fourth-order valence-corrected chi connectivity index (χ4v) is 12.1. The van der Waals surface area contributed by atoms with E-state index in [1.807, 2.05) is 42.5 Å². The molecule has 264 valence electrons. The minimum Gasteiger partial charge on any atom is -0.483 e. The van der Waals surface area contributed by atoms with Crippen LogP contribution in [0.5, 0.6) is 5.75 Å². The molecule has 0 radical (unpaired) electrons. The van der Waals surface area contributed by atoms with Gasteiger partial charge in [-0.3, -0.25) is 19.2 Å². The Morgan fingerprint density at radius 2 is 1.65 bits per heavy atom. The third-order valence-corrected chi connectivity index (χ3v) is 13.7. The fraction of sp³-hybridized carbons (Fsp3) is 0.263. The molecular formula is C38H27ClF3N3O5S2. The maximum Gasteiger partial charge on any atom is 0.418 e. The lowest BCUT2D eigenvalue weighted by Crippen LogP contribution is -2.42. The van der Waals surface area contributed by atoms with Gasteiger partial charge < -0.3 is 15.0 Å². The topological polar surface area (TPSA) is 109 Å². The Morgan fingerprint density at radius 3 is 2.44 bits per heavy atom. The Morgan fingerprint density at radius 1 is 0.923 bits per heavy atom. The zero-order valence-corrected chi connectivity index (χ0v) is 29.2. The Bertz CT molecular complexity index is 2380. The van der Waals surface area contributed by atoms with E-state index in [1.165, 1.54) is 30.0 Å². The number of hydrogen-bond donors (Lipinski definition) is 2. The number of nitrogens with one attached hydrogen (secondary N) is 2. The van der Waals surface area contributed by atoms with E-state index in [9.17, 15) is 32.3 Å².